The first-order chi connectivity index (χ1) is 9.40. The molecule has 0 unspecified atom stereocenters. The summed E-state index contributed by atoms with van der Waals surface area (Å²) >= 11 is 0. The Morgan fingerprint density at radius 2 is 1.80 bits per heavy atom. The zero-order chi connectivity index (χ0) is 14.8. The summed E-state index contributed by atoms with van der Waals surface area (Å²) in [6, 6.07) is 8.03. The number of carbonyl (C=O) groups excluding carboxylic acids is 1. The van der Waals surface area contributed by atoms with Crippen LogP contribution in [0.4, 0.5) is 0 Å². The van der Waals surface area contributed by atoms with Crippen molar-refractivity contribution in [3.8, 4) is 0 Å². The number of carbonyl (C=O) groups is 1. The van der Waals surface area contributed by atoms with E-state index in [4.69, 9.17) is 0 Å². The quantitative estimate of drug-likeness (QED) is 0.856. The van der Waals surface area contributed by atoms with Crippen molar-refractivity contribution in [2.45, 2.75) is 12.8 Å². The first-order valence-corrected chi connectivity index (χ1v) is 8.26. The molecule has 0 atom stereocenters. The standard InChI is InChI=1S/C14H20N2O3S/c1-16(2)20(18,19)8-7-15-14(17)13-9-11-5-3-4-6-12(11)10-13/h3-6,13H,7-10H2,1-2H3,(H,15,17). The maximum Gasteiger partial charge on any atom is 0.223 e. The summed E-state index contributed by atoms with van der Waals surface area (Å²) in [6.07, 6.45) is 1.48. The van der Waals surface area contributed by atoms with Crippen LogP contribution in [0.1, 0.15) is 11.1 Å². The Balaban J connectivity index is 1.83. The summed E-state index contributed by atoms with van der Waals surface area (Å²) in [4.78, 5) is 12.1. The van der Waals surface area contributed by atoms with Crippen molar-refractivity contribution in [3.05, 3.63) is 35.4 Å². The van der Waals surface area contributed by atoms with Gasteiger partial charge in [-0.25, -0.2) is 12.7 Å². The third-order valence-corrected chi connectivity index (χ3v) is 5.47. The van der Waals surface area contributed by atoms with Gasteiger partial charge < -0.3 is 5.32 Å². The highest BCUT2D eigenvalue weighted by Crippen LogP contribution is 2.26. The van der Waals surface area contributed by atoms with Crippen molar-refractivity contribution >= 4 is 15.9 Å². The molecule has 2 rings (SSSR count). The molecule has 1 aromatic rings. The maximum absolute atomic E-state index is 12.1. The predicted molar refractivity (Wildman–Crippen MR) is 77.8 cm³/mol. The van der Waals surface area contributed by atoms with Crippen LogP contribution >= 0.6 is 0 Å². The van der Waals surface area contributed by atoms with Gasteiger partial charge in [0.05, 0.1) is 5.75 Å². The summed E-state index contributed by atoms with van der Waals surface area (Å²) in [5.74, 6) is -0.199. The van der Waals surface area contributed by atoms with Crippen LogP contribution in [0.15, 0.2) is 24.3 Å². The Hall–Kier alpha value is -1.40. The molecule has 0 heterocycles. The van der Waals surface area contributed by atoms with Crippen molar-refractivity contribution < 1.29 is 13.2 Å². The number of rotatable bonds is 5. The fourth-order valence-electron chi connectivity index (χ4n) is 2.37. The van der Waals surface area contributed by atoms with E-state index in [0.29, 0.717) is 0 Å². The van der Waals surface area contributed by atoms with Crippen LogP contribution in [0.25, 0.3) is 0 Å². The highest BCUT2D eigenvalue weighted by atomic mass is 32.2. The average molecular weight is 296 g/mol. The van der Waals surface area contributed by atoms with Gasteiger partial charge in [0.2, 0.25) is 15.9 Å². The number of nitrogens with one attached hydrogen (secondary N) is 1. The third-order valence-electron chi connectivity index (χ3n) is 3.64. The summed E-state index contributed by atoms with van der Waals surface area (Å²) in [5.41, 5.74) is 2.43. The minimum absolute atomic E-state index is 0.0600. The summed E-state index contributed by atoms with van der Waals surface area (Å²) in [6.45, 7) is 0.159. The summed E-state index contributed by atoms with van der Waals surface area (Å²) < 4.78 is 24.3. The number of hydrogen-bond acceptors (Lipinski definition) is 3. The Morgan fingerprint density at radius 3 is 2.30 bits per heavy atom. The summed E-state index contributed by atoms with van der Waals surface area (Å²) in [5, 5.41) is 2.73. The molecule has 0 bridgehead atoms. The topological polar surface area (TPSA) is 66.5 Å². The lowest BCUT2D eigenvalue weighted by atomic mass is 10.1. The average Bonchev–Trinajstić information content (AvgIpc) is 2.82. The molecule has 0 saturated heterocycles. The Labute approximate surface area is 120 Å². The van der Waals surface area contributed by atoms with E-state index in [9.17, 15) is 13.2 Å². The zero-order valence-electron chi connectivity index (χ0n) is 11.8. The van der Waals surface area contributed by atoms with Gasteiger partial charge in [0.15, 0.2) is 0 Å². The molecule has 1 aliphatic rings. The van der Waals surface area contributed by atoms with Gasteiger partial charge in [-0.3, -0.25) is 4.79 Å². The van der Waals surface area contributed by atoms with E-state index in [0.717, 1.165) is 12.8 Å². The number of amides is 1. The van der Waals surface area contributed by atoms with Crippen LogP contribution in [-0.4, -0.2) is 45.0 Å². The van der Waals surface area contributed by atoms with Crippen LogP contribution in [0.3, 0.4) is 0 Å². The van der Waals surface area contributed by atoms with Gasteiger partial charge in [-0.05, 0) is 24.0 Å². The second kappa shape index (κ2) is 5.93. The van der Waals surface area contributed by atoms with Crippen molar-refractivity contribution in [1.82, 2.24) is 9.62 Å². The van der Waals surface area contributed by atoms with E-state index in [-0.39, 0.29) is 24.1 Å². The number of hydrogen-bond donors (Lipinski definition) is 1. The van der Waals surface area contributed by atoms with Crippen LogP contribution in [0.5, 0.6) is 0 Å². The molecule has 0 saturated carbocycles. The van der Waals surface area contributed by atoms with Crippen molar-refractivity contribution in [1.29, 1.82) is 0 Å². The Bertz CT molecular complexity index is 571. The molecule has 6 heteroatoms. The molecule has 5 nitrogen and oxygen atoms in total. The minimum atomic E-state index is -3.25. The molecule has 1 N–H and O–H groups in total. The number of fused-ring (bicyclic) bond motifs is 1. The van der Waals surface area contributed by atoms with Gasteiger partial charge in [-0.15, -0.1) is 0 Å². The lowest BCUT2D eigenvalue weighted by Gasteiger charge is -2.13. The molecule has 0 fully saturated rings. The molecule has 20 heavy (non-hydrogen) atoms. The Morgan fingerprint density at radius 1 is 1.25 bits per heavy atom. The van der Waals surface area contributed by atoms with Crippen molar-refractivity contribution in [2.75, 3.05) is 26.4 Å². The molecule has 1 amide bonds. The molecule has 1 aliphatic carbocycles. The van der Waals surface area contributed by atoms with Gasteiger partial charge in [-0.2, -0.15) is 0 Å². The molecular formula is C14H20N2O3S. The highest BCUT2D eigenvalue weighted by molar-refractivity contribution is 7.89. The third kappa shape index (κ3) is 3.37. The van der Waals surface area contributed by atoms with Gasteiger partial charge in [-0.1, -0.05) is 24.3 Å². The first-order valence-electron chi connectivity index (χ1n) is 6.65. The van der Waals surface area contributed by atoms with E-state index >= 15 is 0 Å². The number of benzene rings is 1. The lowest BCUT2D eigenvalue weighted by molar-refractivity contribution is -0.124. The largest absolute Gasteiger partial charge is 0.355 e. The van der Waals surface area contributed by atoms with Crippen molar-refractivity contribution in [3.63, 3.8) is 0 Å². The van der Waals surface area contributed by atoms with E-state index in [1.54, 1.807) is 0 Å². The monoisotopic (exact) mass is 296 g/mol. The molecule has 0 aromatic heterocycles. The smallest absolute Gasteiger partial charge is 0.223 e. The van der Waals surface area contributed by atoms with E-state index in [1.165, 1.54) is 29.5 Å². The normalized spacial score (nSPS) is 15.3. The molecule has 0 spiro atoms. The Kier molecular flexibility index (Phi) is 4.45. The first kappa shape index (κ1) is 15.0. The molecular weight excluding hydrogens is 276 g/mol. The lowest BCUT2D eigenvalue weighted by Crippen LogP contribution is -2.37. The predicted octanol–water partition coefficient (Wildman–Crippen LogP) is 0.409. The highest BCUT2D eigenvalue weighted by Gasteiger charge is 2.27. The fraction of sp³-hybridized carbons (Fsp3) is 0.500. The number of sulfonamides is 1. The fourth-order valence-corrected chi connectivity index (χ4v) is 3.10. The van der Waals surface area contributed by atoms with Crippen molar-refractivity contribution in [2.24, 2.45) is 5.92 Å². The van der Waals surface area contributed by atoms with Crippen LogP contribution in [0.2, 0.25) is 0 Å². The van der Waals surface area contributed by atoms with Gasteiger partial charge in [0.25, 0.3) is 0 Å². The van der Waals surface area contributed by atoms with Gasteiger partial charge in [0.1, 0.15) is 0 Å². The minimum Gasteiger partial charge on any atom is -0.355 e. The van der Waals surface area contributed by atoms with Crippen LogP contribution in [0, 0.1) is 5.92 Å². The maximum atomic E-state index is 12.1. The van der Waals surface area contributed by atoms with Gasteiger partial charge >= 0.3 is 0 Å². The van der Waals surface area contributed by atoms with E-state index in [1.807, 2.05) is 24.3 Å². The molecule has 110 valence electrons. The summed E-state index contributed by atoms with van der Waals surface area (Å²) in [7, 11) is -0.271. The van der Waals surface area contributed by atoms with E-state index in [2.05, 4.69) is 5.32 Å². The second-order valence-corrected chi connectivity index (χ2v) is 7.57. The van der Waals surface area contributed by atoms with E-state index < -0.39 is 10.0 Å². The molecule has 1 aromatic carbocycles. The molecule has 0 aliphatic heterocycles. The molecule has 0 radical (unpaired) electrons. The van der Waals surface area contributed by atoms with Crippen LogP contribution < -0.4 is 5.32 Å². The van der Waals surface area contributed by atoms with Crippen LogP contribution in [-0.2, 0) is 27.7 Å². The number of nitrogens with zero attached hydrogens (tertiary/aromatic N) is 1. The zero-order valence-corrected chi connectivity index (χ0v) is 12.6. The second-order valence-electron chi connectivity index (χ2n) is 5.26. The SMILES string of the molecule is CN(C)S(=O)(=O)CCNC(=O)C1Cc2ccccc2C1. The van der Waals surface area contributed by atoms with Gasteiger partial charge in [0, 0.05) is 26.6 Å².